The average Bonchev–Trinajstić information content (AvgIpc) is 3.15. The second-order valence-corrected chi connectivity index (χ2v) is 5.98. The molecule has 3 rings (SSSR count). The summed E-state index contributed by atoms with van der Waals surface area (Å²) in [7, 11) is 0. The number of nitrogens with zero attached hydrogens (tertiary/aromatic N) is 3. The molecule has 1 N–H and O–H groups in total. The highest BCUT2D eigenvalue weighted by Crippen LogP contribution is 2.44. The predicted molar refractivity (Wildman–Crippen MR) is 70.9 cm³/mol. The molecule has 0 aromatic carbocycles. The first-order valence-electron chi connectivity index (χ1n) is 7.42. The van der Waals surface area contributed by atoms with Gasteiger partial charge in [-0.1, -0.05) is 12.1 Å². The Hall–Kier alpha value is -1.43. The second-order valence-electron chi connectivity index (χ2n) is 5.98. The Morgan fingerprint density at radius 1 is 1.45 bits per heavy atom. The van der Waals surface area contributed by atoms with Crippen LogP contribution in [0.1, 0.15) is 44.3 Å². The Bertz CT molecular complexity index is 490. The van der Waals surface area contributed by atoms with E-state index in [0.717, 1.165) is 25.7 Å². The van der Waals surface area contributed by atoms with Crippen molar-refractivity contribution in [3.05, 3.63) is 11.7 Å². The summed E-state index contributed by atoms with van der Waals surface area (Å²) in [4.78, 5) is 18.0. The lowest BCUT2D eigenvalue weighted by atomic mass is 9.88. The standard InChI is InChI=1S/C14H21N3O3/c1-2-3-11-15-12(20-16-11)6-7-13(18)17-8-14(19,9-17)10-4-5-10/h10,19H,2-9H2,1H3. The van der Waals surface area contributed by atoms with E-state index < -0.39 is 5.60 Å². The van der Waals surface area contributed by atoms with Crippen molar-refractivity contribution in [1.82, 2.24) is 15.0 Å². The number of rotatable bonds is 6. The summed E-state index contributed by atoms with van der Waals surface area (Å²) in [6.07, 6.45) is 4.83. The van der Waals surface area contributed by atoms with Gasteiger partial charge in [0.1, 0.15) is 5.60 Å². The predicted octanol–water partition coefficient (Wildman–Crippen LogP) is 0.938. The Morgan fingerprint density at radius 3 is 2.85 bits per heavy atom. The normalized spacial score (nSPS) is 20.8. The minimum Gasteiger partial charge on any atom is -0.386 e. The third kappa shape index (κ3) is 2.70. The minimum absolute atomic E-state index is 0.0607. The van der Waals surface area contributed by atoms with Crippen LogP contribution in [-0.4, -0.2) is 44.7 Å². The van der Waals surface area contributed by atoms with Gasteiger partial charge in [-0.05, 0) is 25.2 Å². The van der Waals surface area contributed by atoms with Crippen molar-refractivity contribution in [2.75, 3.05) is 13.1 Å². The van der Waals surface area contributed by atoms with Gasteiger partial charge in [0.05, 0.1) is 13.1 Å². The number of aryl methyl sites for hydroxylation is 2. The van der Waals surface area contributed by atoms with Gasteiger partial charge in [-0.25, -0.2) is 0 Å². The van der Waals surface area contributed by atoms with E-state index in [1.54, 1.807) is 4.90 Å². The highest BCUT2D eigenvalue weighted by atomic mass is 16.5. The van der Waals surface area contributed by atoms with Crippen molar-refractivity contribution in [1.29, 1.82) is 0 Å². The Morgan fingerprint density at radius 2 is 2.20 bits per heavy atom. The van der Waals surface area contributed by atoms with E-state index >= 15 is 0 Å². The van der Waals surface area contributed by atoms with Crippen LogP contribution in [0.15, 0.2) is 4.52 Å². The lowest BCUT2D eigenvalue weighted by Crippen LogP contribution is -2.64. The molecule has 1 saturated carbocycles. The lowest BCUT2D eigenvalue weighted by Gasteiger charge is -2.47. The van der Waals surface area contributed by atoms with E-state index in [1.807, 2.05) is 0 Å². The average molecular weight is 279 g/mol. The van der Waals surface area contributed by atoms with Crippen molar-refractivity contribution in [3.8, 4) is 0 Å². The minimum atomic E-state index is -0.603. The number of aliphatic hydroxyl groups is 1. The molecular weight excluding hydrogens is 258 g/mol. The fraction of sp³-hybridized carbons (Fsp3) is 0.786. The van der Waals surface area contributed by atoms with E-state index in [2.05, 4.69) is 17.1 Å². The molecule has 6 nitrogen and oxygen atoms in total. The number of hydrogen-bond donors (Lipinski definition) is 1. The van der Waals surface area contributed by atoms with Gasteiger partial charge < -0.3 is 14.5 Å². The van der Waals surface area contributed by atoms with Crippen LogP contribution in [0.4, 0.5) is 0 Å². The van der Waals surface area contributed by atoms with E-state index in [9.17, 15) is 9.90 Å². The molecule has 1 amide bonds. The molecule has 1 aromatic rings. The van der Waals surface area contributed by atoms with Crippen molar-refractivity contribution in [2.24, 2.45) is 5.92 Å². The molecule has 1 aliphatic carbocycles. The molecule has 0 atom stereocenters. The Labute approximate surface area is 118 Å². The summed E-state index contributed by atoms with van der Waals surface area (Å²) in [6, 6.07) is 0. The molecular formula is C14H21N3O3. The van der Waals surface area contributed by atoms with Crippen molar-refractivity contribution >= 4 is 5.91 Å². The van der Waals surface area contributed by atoms with Gasteiger partial charge in [-0.15, -0.1) is 0 Å². The number of aromatic nitrogens is 2. The number of likely N-dealkylation sites (tertiary alicyclic amines) is 1. The summed E-state index contributed by atoms with van der Waals surface area (Å²) < 4.78 is 5.11. The van der Waals surface area contributed by atoms with E-state index in [4.69, 9.17) is 4.52 Å². The van der Waals surface area contributed by atoms with Crippen LogP contribution >= 0.6 is 0 Å². The summed E-state index contributed by atoms with van der Waals surface area (Å²) >= 11 is 0. The van der Waals surface area contributed by atoms with Crippen LogP contribution in [0.5, 0.6) is 0 Å². The largest absolute Gasteiger partial charge is 0.386 e. The summed E-state index contributed by atoms with van der Waals surface area (Å²) in [5.41, 5.74) is -0.603. The van der Waals surface area contributed by atoms with Crippen LogP contribution < -0.4 is 0 Å². The maximum atomic E-state index is 12.0. The van der Waals surface area contributed by atoms with E-state index in [-0.39, 0.29) is 5.91 Å². The topological polar surface area (TPSA) is 79.5 Å². The van der Waals surface area contributed by atoms with Crippen LogP contribution in [0.25, 0.3) is 0 Å². The molecule has 2 fully saturated rings. The fourth-order valence-corrected chi connectivity index (χ4v) is 2.76. The number of β-amino-alcohol motifs (C(OH)–C–C–N with tert-alkyl or cyclic N) is 1. The molecule has 2 heterocycles. The van der Waals surface area contributed by atoms with Gasteiger partial charge in [0.15, 0.2) is 5.82 Å². The van der Waals surface area contributed by atoms with Crippen molar-refractivity contribution in [3.63, 3.8) is 0 Å². The molecule has 0 spiro atoms. The van der Waals surface area contributed by atoms with Crippen LogP contribution in [0.2, 0.25) is 0 Å². The SMILES string of the molecule is CCCc1noc(CCC(=O)N2CC(O)(C3CC3)C2)n1. The van der Waals surface area contributed by atoms with Crippen LogP contribution in [-0.2, 0) is 17.6 Å². The molecule has 2 aliphatic rings. The highest BCUT2D eigenvalue weighted by molar-refractivity contribution is 5.77. The maximum absolute atomic E-state index is 12.0. The lowest BCUT2D eigenvalue weighted by molar-refractivity contribution is -0.159. The van der Waals surface area contributed by atoms with Gasteiger partial charge in [0, 0.05) is 19.3 Å². The first kappa shape index (κ1) is 13.5. The number of carbonyl (C=O) groups excluding carboxylic acids is 1. The zero-order valence-electron chi connectivity index (χ0n) is 11.8. The maximum Gasteiger partial charge on any atom is 0.227 e. The molecule has 1 saturated heterocycles. The van der Waals surface area contributed by atoms with Gasteiger partial charge in [-0.3, -0.25) is 4.79 Å². The quantitative estimate of drug-likeness (QED) is 0.838. The van der Waals surface area contributed by atoms with E-state index in [1.165, 1.54) is 0 Å². The first-order valence-corrected chi connectivity index (χ1v) is 7.42. The number of hydrogen-bond acceptors (Lipinski definition) is 5. The summed E-state index contributed by atoms with van der Waals surface area (Å²) in [5, 5.41) is 14.0. The van der Waals surface area contributed by atoms with Crippen molar-refractivity contribution < 1.29 is 14.4 Å². The Balaban J connectivity index is 1.43. The van der Waals surface area contributed by atoms with E-state index in [0.29, 0.717) is 43.6 Å². The van der Waals surface area contributed by atoms with Gasteiger partial charge >= 0.3 is 0 Å². The van der Waals surface area contributed by atoms with Gasteiger partial charge in [-0.2, -0.15) is 4.98 Å². The zero-order chi connectivity index (χ0) is 14.2. The third-order valence-electron chi connectivity index (χ3n) is 4.16. The number of carbonyl (C=O) groups is 1. The van der Waals surface area contributed by atoms with Crippen molar-refractivity contribution in [2.45, 2.75) is 51.0 Å². The highest BCUT2D eigenvalue weighted by Gasteiger charge is 2.53. The monoisotopic (exact) mass is 279 g/mol. The molecule has 1 aliphatic heterocycles. The summed E-state index contributed by atoms with van der Waals surface area (Å²) in [5.74, 6) is 1.71. The Kier molecular flexibility index (Phi) is 3.50. The molecule has 20 heavy (non-hydrogen) atoms. The molecule has 6 heteroatoms. The fourth-order valence-electron chi connectivity index (χ4n) is 2.76. The van der Waals surface area contributed by atoms with Crippen LogP contribution in [0.3, 0.4) is 0 Å². The smallest absolute Gasteiger partial charge is 0.227 e. The van der Waals surface area contributed by atoms with Crippen LogP contribution in [0, 0.1) is 5.92 Å². The molecule has 0 bridgehead atoms. The summed E-state index contributed by atoms with van der Waals surface area (Å²) in [6.45, 7) is 3.04. The third-order valence-corrected chi connectivity index (χ3v) is 4.16. The second kappa shape index (κ2) is 5.16. The zero-order valence-corrected chi connectivity index (χ0v) is 11.8. The number of amides is 1. The molecule has 110 valence electrons. The first-order chi connectivity index (χ1) is 9.60. The molecule has 0 unspecified atom stereocenters. The molecule has 1 aromatic heterocycles. The van der Waals surface area contributed by atoms with Gasteiger partial charge in [0.2, 0.25) is 11.8 Å². The molecule has 0 radical (unpaired) electrons. The van der Waals surface area contributed by atoms with Gasteiger partial charge in [0.25, 0.3) is 0 Å².